The summed E-state index contributed by atoms with van der Waals surface area (Å²) in [7, 11) is 0. The Hall–Kier alpha value is -3.97. The summed E-state index contributed by atoms with van der Waals surface area (Å²) in [6.45, 7) is 5.60. The lowest BCUT2D eigenvalue weighted by Crippen LogP contribution is -2.32. The third-order valence-corrected chi connectivity index (χ3v) is 5.62. The predicted octanol–water partition coefficient (Wildman–Crippen LogP) is 5.00. The Morgan fingerprint density at radius 1 is 1.03 bits per heavy atom. The van der Waals surface area contributed by atoms with Crippen LogP contribution in [0.5, 0.6) is 0 Å². The first kappa shape index (κ1) is 22.2. The molecule has 33 heavy (non-hydrogen) atoms. The van der Waals surface area contributed by atoms with E-state index in [1.54, 1.807) is 19.2 Å². The van der Waals surface area contributed by atoms with Gasteiger partial charge in [-0.25, -0.2) is 9.78 Å². The molecule has 168 valence electrons. The number of fused-ring (bicyclic) bond motifs is 1. The number of hydrogen-bond acceptors (Lipinski definition) is 4. The number of nitrogens with zero attached hydrogens (tertiary/aromatic N) is 1. The number of nitrogens with one attached hydrogen (secondary N) is 2. The fourth-order valence-corrected chi connectivity index (χ4v) is 3.84. The number of carbonyl (C=O) groups is 2. The van der Waals surface area contributed by atoms with Crippen molar-refractivity contribution in [1.29, 1.82) is 0 Å². The van der Waals surface area contributed by atoms with Gasteiger partial charge in [-0.15, -0.1) is 0 Å². The maximum atomic E-state index is 12.0. The number of rotatable bonds is 6. The molecule has 2 heterocycles. The summed E-state index contributed by atoms with van der Waals surface area (Å²) in [5, 5.41) is 13.3. The van der Waals surface area contributed by atoms with Gasteiger partial charge >= 0.3 is 5.97 Å². The molecule has 2 aromatic heterocycles. The van der Waals surface area contributed by atoms with Crippen LogP contribution in [-0.2, 0) is 4.79 Å². The first-order chi connectivity index (χ1) is 15.7. The van der Waals surface area contributed by atoms with Crippen molar-refractivity contribution >= 4 is 28.6 Å². The van der Waals surface area contributed by atoms with E-state index < -0.39 is 12.0 Å². The highest BCUT2D eigenvalue weighted by Gasteiger charge is 2.16. The lowest BCUT2D eigenvalue weighted by molar-refractivity contribution is -0.117. The van der Waals surface area contributed by atoms with Crippen LogP contribution in [0.4, 0.5) is 5.69 Å². The van der Waals surface area contributed by atoms with Gasteiger partial charge in [0.15, 0.2) is 0 Å². The highest BCUT2D eigenvalue weighted by atomic mass is 16.4. The van der Waals surface area contributed by atoms with Crippen molar-refractivity contribution in [3.8, 4) is 22.3 Å². The van der Waals surface area contributed by atoms with E-state index in [0.29, 0.717) is 11.3 Å². The van der Waals surface area contributed by atoms with Crippen LogP contribution in [0.25, 0.3) is 33.3 Å². The minimum Gasteiger partial charge on any atom is -0.478 e. The molecule has 1 unspecified atom stereocenters. The third-order valence-electron chi connectivity index (χ3n) is 5.62. The number of H-pyrrole nitrogens is 1. The molecular formula is C26H26N4O3. The Morgan fingerprint density at radius 2 is 1.82 bits per heavy atom. The van der Waals surface area contributed by atoms with E-state index in [2.05, 4.69) is 15.3 Å². The number of nitrogens with two attached hydrogens (primary N) is 1. The van der Waals surface area contributed by atoms with E-state index in [1.165, 1.54) is 0 Å². The molecule has 0 saturated carbocycles. The number of amides is 1. The molecule has 2 aromatic carbocycles. The first-order valence-electron chi connectivity index (χ1n) is 10.8. The number of hydrogen-bond donors (Lipinski definition) is 4. The van der Waals surface area contributed by atoms with Crippen LogP contribution in [0.3, 0.4) is 0 Å². The molecule has 1 amide bonds. The number of aromatic amines is 1. The molecule has 0 aliphatic carbocycles. The average Bonchev–Trinajstić information content (AvgIpc) is 3.22. The maximum Gasteiger partial charge on any atom is 0.335 e. The Bertz CT molecular complexity index is 1350. The molecule has 7 nitrogen and oxygen atoms in total. The molecule has 4 aromatic rings. The highest BCUT2D eigenvalue weighted by molar-refractivity contribution is 5.98. The van der Waals surface area contributed by atoms with E-state index in [0.717, 1.165) is 38.9 Å². The fourth-order valence-electron chi connectivity index (χ4n) is 3.84. The van der Waals surface area contributed by atoms with Gasteiger partial charge in [-0.1, -0.05) is 32.0 Å². The van der Waals surface area contributed by atoms with Crippen molar-refractivity contribution in [1.82, 2.24) is 9.97 Å². The van der Waals surface area contributed by atoms with Crippen molar-refractivity contribution in [2.75, 3.05) is 5.32 Å². The Balaban J connectivity index is 1.76. The monoisotopic (exact) mass is 442 g/mol. The van der Waals surface area contributed by atoms with Gasteiger partial charge < -0.3 is 21.1 Å². The van der Waals surface area contributed by atoms with Gasteiger partial charge in [-0.3, -0.25) is 4.79 Å². The van der Waals surface area contributed by atoms with E-state index in [9.17, 15) is 14.7 Å². The number of aromatic nitrogens is 2. The van der Waals surface area contributed by atoms with Crippen LogP contribution in [0, 0.1) is 0 Å². The molecule has 1 atom stereocenters. The number of carboxylic acid groups (broad SMARTS) is 1. The third kappa shape index (κ3) is 4.49. The van der Waals surface area contributed by atoms with Crippen LogP contribution >= 0.6 is 0 Å². The van der Waals surface area contributed by atoms with Crippen LogP contribution in [0.2, 0.25) is 0 Å². The second-order valence-electron chi connectivity index (χ2n) is 8.44. The molecule has 0 aliphatic heterocycles. The van der Waals surface area contributed by atoms with Gasteiger partial charge in [-0.05, 0) is 59.9 Å². The van der Waals surface area contributed by atoms with Gasteiger partial charge in [0.25, 0.3) is 0 Å². The van der Waals surface area contributed by atoms with Crippen molar-refractivity contribution in [3.63, 3.8) is 0 Å². The maximum absolute atomic E-state index is 12.0. The topological polar surface area (TPSA) is 121 Å². The summed E-state index contributed by atoms with van der Waals surface area (Å²) in [4.78, 5) is 31.3. The lowest BCUT2D eigenvalue weighted by Gasteiger charge is -2.12. The Kier molecular flexibility index (Phi) is 5.98. The smallest absolute Gasteiger partial charge is 0.335 e. The standard InChI is InChI=1S/C26H26N4O3/c1-14(2)21-10-17(7-8-20(21)26(32)33)23-13-29-24-22(23)11-18(12-28-24)16-5-4-6-19(9-16)30-25(31)15(3)27/h4-15H,27H2,1-3H3,(H,28,29)(H,30,31)(H,32,33). The van der Waals surface area contributed by atoms with Gasteiger partial charge in [0.2, 0.25) is 5.91 Å². The Labute approximate surface area is 191 Å². The van der Waals surface area contributed by atoms with Crippen LogP contribution in [0.1, 0.15) is 42.6 Å². The van der Waals surface area contributed by atoms with Gasteiger partial charge in [0, 0.05) is 34.6 Å². The fraction of sp³-hybridized carbons (Fsp3) is 0.192. The second kappa shape index (κ2) is 8.88. The summed E-state index contributed by atoms with van der Waals surface area (Å²) >= 11 is 0. The molecule has 5 N–H and O–H groups in total. The molecule has 0 aliphatic rings. The summed E-state index contributed by atoms with van der Waals surface area (Å²) in [5.41, 5.74) is 11.8. The molecule has 4 rings (SSSR count). The Morgan fingerprint density at radius 3 is 2.52 bits per heavy atom. The van der Waals surface area contributed by atoms with Crippen LogP contribution in [0.15, 0.2) is 60.9 Å². The van der Waals surface area contributed by atoms with Crippen molar-refractivity contribution in [2.45, 2.75) is 32.7 Å². The second-order valence-corrected chi connectivity index (χ2v) is 8.44. The first-order valence-corrected chi connectivity index (χ1v) is 10.8. The summed E-state index contributed by atoms with van der Waals surface area (Å²) < 4.78 is 0. The van der Waals surface area contributed by atoms with Gasteiger partial charge in [-0.2, -0.15) is 0 Å². The van der Waals surface area contributed by atoms with E-state index in [4.69, 9.17) is 5.73 Å². The number of pyridine rings is 1. The number of benzene rings is 2. The largest absolute Gasteiger partial charge is 0.478 e. The number of anilines is 1. The number of aromatic carboxylic acids is 1. The number of carbonyl (C=O) groups excluding carboxylic acids is 1. The normalized spacial score (nSPS) is 12.2. The zero-order valence-corrected chi connectivity index (χ0v) is 18.7. The molecule has 7 heteroatoms. The summed E-state index contributed by atoms with van der Waals surface area (Å²) in [5.74, 6) is -1.10. The molecule has 0 radical (unpaired) electrons. The minimum absolute atomic E-state index is 0.0733. The quantitative estimate of drug-likeness (QED) is 0.335. The van der Waals surface area contributed by atoms with Crippen molar-refractivity contribution < 1.29 is 14.7 Å². The zero-order valence-electron chi connectivity index (χ0n) is 18.7. The lowest BCUT2D eigenvalue weighted by atomic mass is 9.92. The van der Waals surface area contributed by atoms with Gasteiger partial charge in [0.05, 0.1) is 11.6 Å². The summed E-state index contributed by atoms with van der Waals surface area (Å²) in [6.07, 6.45) is 3.67. The minimum atomic E-state index is -0.927. The molecular weight excluding hydrogens is 416 g/mol. The van der Waals surface area contributed by atoms with E-state index in [1.807, 2.05) is 62.5 Å². The van der Waals surface area contributed by atoms with E-state index >= 15 is 0 Å². The zero-order chi connectivity index (χ0) is 23.7. The van der Waals surface area contributed by atoms with Gasteiger partial charge in [0.1, 0.15) is 5.65 Å². The van der Waals surface area contributed by atoms with Crippen molar-refractivity contribution in [2.24, 2.45) is 5.73 Å². The SMILES string of the molecule is CC(N)C(=O)Nc1cccc(-c2cnc3[nH]cc(-c4ccc(C(=O)O)c(C(C)C)c4)c3c2)c1. The number of carboxylic acids is 1. The van der Waals surface area contributed by atoms with Crippen LogP contribution < -0.4 is 11.1 Å². The van der Waals surface area contributed by atoms with E-state index in [-0.39, 0.29) is 11.8 Å². The summed E-state index contributed by atoms with van der Waals surface area (Å²) in [6, 6.07) is 14.4. The predicted molar refractivity (Wildman–Crippen MR) is 130 cm³/mol. The van der Waals surface area contributed by atoms with Crippen LogP contribution in [-0.4, -0.2) is 33.0 Å². The highest BCUT2D eigenvalue weighted by Crippen LogP contribution is 2.34. The molecule has 0 saturated heterocycles. The average molecular weight is 443 g/mol. The molecule has 0 spiro atoms. The molecule has 0 fully saturated rings. The molecule has 0 bridgehead atoms. The van der Waals surface area contributed by atoms with Crippen molar-refractivity contribution in [3.05, 3.63) is 72.1 Å².